The number of anilines is 1. The van der Waals surface area contributed by atoms with Crippen LogP contribution in [0.1, 0.15) is 18.1 Å². The first-order chi connectivity index (χ1) is 12.5. The van der Waals surface area contributed by atoms with E-state index in [4.69, 9.17) is 9.47 Å². The summed E-state index contributed by atoms with van der Waals surface area (Å²) < 4.78 is 11.6. The number of aryl methyl sites for hydroxylation is 1. The monoisotopic (exact) mass is 414 g/mol. The molecule has 0 saturated heterocycles. The average molecular weight is 415 g/mol. The van der Waals surface area contributed by atoms with E-state index in [0.29, 0.717) is 33.8 Å². The second-order valence-electron chi connectivity index (χ2n) is 5.46. The van der Waals surface area contributed by atoms with Crippen LogP contribution in [0.2, 0.25) is 0 Å². The fourth-order valence-electron chi connectivity index (χ4n) is 2.26. The highest BCUT2D eigenvalue weighted by Crippen LogP contribution is 2.37. The second-order valence-corrected chi connectivity index (χ2v) is 6.31. The number of nitriles is 1. The van der Waals surface area contributed by atoms with Crippen LogP contribution in [0.25, 0.3) is 6.08 Å². The Kier molecular flexibility index (Phi) is 6.81. The lowest BCUT2D eigenvalue weighted by atomic mass is 10.1. The lowest BCUT2D eigenvalue weighted by molar-refractivity contribution is -0.112. The molecule has 0 aliphatic heterocycles. The van der Waals surface area contributed by atoms with Gasteiger partial charge >= 0.3 is 0 Å². The number of rotatable bonds is 6. The predicted octanol–water partition coefficient (Wildman–Crippen LogP) is 4.71. The molecule has 5 nitrogen and oxygen atoms in total. The largest absolute Gasteiger partial charge is 0.493 e. The Hall–Kier alpha value is -2.78. The number of nitrogens with zero attached hydrogens (tertiary/aromatic N) is 1. The van der Waals surface area contributed by atoms with E-state index in [0.717, 1.165) is 5.56 Å². The third-order valence-corrected chi connectivity index (χ3v) is 4.12. The number of hydrogen-bond donors (Lipinski definition) is 1. The fraction of sp³-hybridized carbons (Fsp3) is 0.200. The second kappa shape index (κ2) is 9.07. The number of hydrogen-bond acceptors (Lipinski definition) is 4. The van der Waals surface area contributed by atoms with Crippen molar-refractivity contribution in [2.75, 3.05) is 19.0 Å². The van der Waals surface area contributed by atoms with Gasteiger partial charge in [0.2, 0.25) is 0 Å². The summed E-state index contributed by atoms with van der Waals surface area (Å²) in [4.78, 5) is 12.4. The standard InChI is InChI=1S/C20H19BrN2O3/c1-4-26-19-17(21)10-14(11-18(19)25-3)9-15(12-22)20(24)23-16-7-5-13(2)6-8-16/h5-11H,4H2,1-3H3,(H,23,24)/b15-9+. The average Bonchev–Trinajstić information content (AvgIpc) is 2.63. The number of halogens is 1. The Morgan fingerprint density at radius 1 is 1.31 bits per heavy atom. The Labute approximate surface area is 161 Å². The Balaban J connectivity index is 2.30. The summed E-state index contributed by atoms with van der Waals surface area (Å²) in [7, 11) is 1.53. The number of methoxy groups -OCH3 is 1. The van der Waals surface area contributed by atoms with Gasteiger partial charge in [-0.2, -0.15) is 5.26 Å². The molecule has 2 aromatic rings. The van der Waals surface area contributed by atoms with Crippen molar-refractivity contribution in [1.82, 2.24) is 0 Å². The van der Waals surface area contributed by atoms with Crippen LogP contribution < -0.4 is 14.8 Å². The Bertz CT molecular complexity index is 868. The smallest absolute Gasteiger partial charge is 0.266 e. The third-order valence-electron chi connectivity index (χ3n) is 3.53. The molecule has 0 aliphatic carbocycles. The number of carbonyl (C=O) groups is 1. The van der Waals surface area contributed by atoms with E-state index in [2.05, 4.69) is 21.2 Å². The normalized spacial score (nSPS) is 10.8. The van der Waals surface area contributed by atoms with Gasteiger partial charge < -0.3 is 14.8 Å². The number of carbonyl (C=O) groups excluding carboxylic acids is 1. The predicted molar refractivity (Wildman–Crippen MR) is 105 cm³/mol. The molecular formula is C20H19BrN2O3. The maximum absolute atomic E-state index is 12.4. The molecule has 0 atom stereocenters. The van der Waals surface area contributed by atoms with Crippen molar-refractivity contribution in [3.05, 3.63) is 57.6 Å². The van der Waals surface area contributed by atoms with Gasteiger partial charge in [-0.3, -0.25) is 4.79 Å². The number of ether oxygens (including phenoxy) is 2. The SMILES string of the molecule is CCOc1c(Br)cc(/C=C(\C#N)C(=O)Nc2ccc(C)cc2)cc1OC. The molecule has 0 unspecified atom stereocenters. The Morgan fingerprint density at radius 2 is 2.00 bits per heavy atom. The minimum absolute atomic E-state index is 0.0105. The molecule has 0 saturated carbocycles. The van der Waals surface area contributed by atoms with Gasteiger partial charge in [-0.1, -0.05) is 17.7 Å². The Morgan fingerprint density at radius 3 is 2.58 bits per heavy atom. The van der Waals surface area contributed by atoms with E-state index in [1.807, 2.05) is 32.0 Å². The van der Waals surface area contributed by atoms with E-state index in [1.54, 1.807) is 24.3 Å². The van der Waals surface area contributed by atoms with Crippen LogP contribution in [0.5, 0.6) is 11.5 Å². The van der Waals surface area contributed by atoms with Gasteiger partial charge in [0.25, 0.3) is 5.91 Å². The van der Waals surface area contributed by atoms with Gasteiger partial charge in [-0.05, 0) is 65.7 Å². The van der Waals surface area contributed by atoms with Crippen LogP contribution in [0.15, 0.2) is 46.4 Å². The summed E-state index contributed by atoms with van der Waals surface area (Å²) in [5.74, 6) is 0.624. The van der Waals surface area contributed by atoms with Gasteiger partial charge in [0.15, 0.2) is 11.5 Å². The molecule has 0 fully saturated rings. The molecular weight excluding hydrogens is 396 g/mol. The van der Waals surface area contributed by atoms with E-state index in [1.165, 1.54) is 13.2 Å². The maximum atomic E-state index is 12.4. The summed E-state index contributed by atoms with van der Waals surface area (Å²) in [6.07, 6.45) is 1.51. The van der Waals surface area contributed by atoms with Crippen molar-refractivity contribution >= 4 is 33.6 Å². The topological polar surface area (TPSA) is 71.3 Å². The number of benzene rings is 2. The van der Waals surface area contributed by atoms with Crippen LogP contribution >= 0.6 is 15.9 Å². The number of nitrogens with one attached hydrogen (secondary N) is 1. The zero-order chi connectivity index (χ0) is 19.1. The highest BCUT2D eigenvalue weighted by molar-refractivity contribution is 9.10. The van der Waals surface area contributed by atoms with Crippen LogP contribution in [-0.4, -0.2) is 19.6 Å². The maximum Gasteiger partial charge on any atom is 0.266 e. The van der Waals surface area contributed by atoms with Crippen molar-refractivity contribution in [3.63, 3.8) is 0 Å². The first kappa shape index (κ1) is 19.5. The quantitative estimate of drug-likeness (QED) is 0.548. The van der Waals surface area contributed by atoms with E-state index < -0.39 is 5.91 Å². The van der Waals surface area contributed by atoms with E-state index in [-0.39, 0.29) is 5.57 Å². The van der Waals surface area contributed by atoms with Gasteiger partial charge in [-0.15, -0.1) is 0 Å². The van der Waals surface area contributed by atoms with Crippen LogP contribution in [0, 0.1) is 18.3 Å². The first-order valence-electron chi connectivity index (χ1n) is 7.98. The third kappa shape index (κ3) is 4.87. The van der Waals surface area contributed by atoms with E-state index in [9.17, 15) is 10.1 Å². The molecule has 0 aromatic heterocycles. The van der Waals surface area contributed by atoms with Gasteiger partial charge in [0.05, 0.1) is 18.2 Å². The molecule has 0 radical (unpaired) electrons. The molecule has 1 N–H and O–H groups in total. The fourth-order valence-corrected chi connectivity index (χ4v) is 2.83. The molecule has 26 heavy (non-hydrogen) atoms. The zero-order valence-electron chi connectivity index (χ0n) is 14.8. The van der Waals surface area contributed by atoms with Crippen molar-refractivity contribution in [2.24, 2.45) is 0 Å². The molecule has 0 spiro atoms. The molecule has 0 bridgehead atoms. The van der Waals surface area contributed by atoms with E-state index >= 15 is 0 Å². The lowest BCUT2D eigenvalue weighted by Gasteiger charge is -2.12. The van der Waals surface area contributed by atoms with Gasteiger partial charge in [0.1, 0.15) is 11.6 Å². The minimum atomic E-state index is -0.472. The molecule has 0 aliphatic rings. The molecule has 6 heteroatoms. The van der Waals surface area contributed by atoms with Gasteiger partial charge in [-0.25, -0.2) is 0 Å². The lowest BCUT2D eigenvalue weighted by Crippen LogP contribution is -2.13. The van der Waals surface area contributed by atoms with Crippen LogP contribution in [0.4, 0.5) is 5.69 Å². The van der Waals surface area contributed by atoms with Crippen molar-refractivity contribution < 1.29 is 14.3 Å². The molecule has 2 aromatic carbocycles. The first-order valence-corrected chi connectivity index (χ1v) is 8.78. The zero-order valence-corrected chi connectivity index (χ0v) is 16.4. The van der Waals surface area contributed by atoms with Gasteiger partial charge in [0, 0.05) is 5.69 Å². The molecule has 1 amide bonds. The molecule has 134 valence electrons. The summed E-state index contributed by atoms with van der Waals surface area (Å²) in [6, 6.07) is 12.8. The van der Waals surface area contributed by atoms with Crippen molar-refractivity contribution in [2.45, 2.75) is 13.8 Å². The van der Waals surface area contributed by atoms with Crippen LogP contribution in [0.3, 0.4) is 0 Å². The highest BCUT2D eigenvalue weighted by atomic mass is 79.9. The highest BCUT2D eigenvalue weighted by Gasteiger charge is 2.13. The summed E-state index contributed by atoms with van der Waals surface area (Å²) in [5.41, 5.74) is 2.36. The van der Waals surface area contributed by atoms with Crippen LogP contribution in [-0.2, 0) is 4.79 Å². The molecule has 0 heterocycles. The number of amides is 1. The van der Waals surface area contributed by atoms with Crippen molar-refractivity contribution in [3.8, 4) is 17.6 Å². The molecule has 2 rings (SSSR count). The minimum Gasteiger partial charge on any atom is -0.493 e. The summed E-state index contributed by atoms with van der Waals surface area (Å²) in [5, 5.41) is 12.1. The van der Waals surface area contributed by atoms with Crippen molar-refractivity contribution in [1.29, 1.82) is 5.26 Å². The summed E-state index contributed by atoms with van der Waals surface area (Å²) >= 11 is 3.43. The summed E-state index contributed by atoms with van der Waals surface area (Å²) in [6.45, 7) is 4.33.